The molecule has 2 atom stereocenters. The molecule has 0 saturated heterocycles. The van der Waals surface area contributed by atoms with Crippen LogP contribution in [0.25, 0.3) is 0 Å². The van der Waals surface area contributed by atoms with Gasteiger partial charge in [-0.3, -0.25) is 0 Å². The number of unbranched alkanes of at least 4 members (excludes halogenated alkanes) is 10. The summed E-state index contributed by atoms with van der Waals surface area (Å²) in [7, 11) is 1.88. The Bertz CT molecular complexity index is 212. The number of aliphatic hydroxyl groups is 2. The topological polar surface area (TPSA) is 52.5 Å². The smallest absolute Gasteiger partial charge is 0.0577 e. The van der Waals surface area contributed by atoms with Crippen LogP contribution >= 0.6 is 0 Å². The standard InChI is InChI=1S/C19H41NO2/c1-3-4-5-6-7-8-9-10-11-12-13-14-18(21)17-19(22)15-16-20-2/h18-22H,3-17H2,1-2H3. The van der Waals surface area contributed by atoms with Crippen molar-refractivity contribution in [2.24, 2.45) is 0 Å². The largest absolute Gasteiger partial charge is 0.393 e. The Kier molecular flexibility index (Phi) is 17.1. The third-order valence-electron chi connectivity index (χ3n) is 4.41. The lowest BCUT2D eigenvalue weighted by Gasteiger charge is -2.15. The van der Waals surface area contributed by atoms with E-state index in [9.17, 15) is 10.2 Å². The minimum Gasteiger partial charge on any atom is -0.393 e. The van der Waals surface area contributed by atoms with Crippen molar-refractivity contribution in [3.05, 3.63) is 0 Å². The third-order valence-corrected chi connectivity index (χ3v) is 4.41. The molecule has 0 radical (unpaired) electrons. The second-order valence-electron chi connectivity index (χ2n) is 6.76. The molecule has 0 aromatic carbocycles. The van der Waals surface area contributed by atoms with Gasteiger partial charge in [-0.1, -0.05) is 77.6 Å². The van der Waals surface area contributed by atoms with Crippen LogP contribution in [0.1, 0.15) is 96.8 Å². The van der Waals surface area contributed by atoms with Crippen molar-refractivity contribution in [2.75, 3.05) is 13.6 Å². The average Bonchev–Trinajstić information content (AvgIpc) is 2.50. The molecule has 2 unspecified atom stereocenters. The van der Waals surface area contributed by atoms with E-state index in [0.717, 1.165) is 25.8 Å². The van der Waals surface area contributed by atoms with E-state index in [0.29, 0.717) is 6.42 Å². The van der Waals surface area contributed by atoms with Crippen LogP contribution in [-0.2, 0) is 0 Å². The second-order valence-corrected chi connectivity index (χ2v) is 6.76. The molecule has 0 aromatic heterocycles. The predicted molar refractivity (Wildman–Crippen MR) is 96.3 cm³/mol. The first-order valence-electron chi connectivity index (χ1n) is 9.71. The quantitative estimate of drug-likeness (QED) is 0.348. The normalized spacial score (nSPS) is 14.2. The number of nitrogens with one attached hydrogen (secondary N) is 1. The van der Waals surface area contributed by atoms with E-state index in [1.54, 1.807) is 0 Å². The maximum Gasteiger partial charge on any atom is 0.0577 e. The summed E-state index contributed by atoms with van der Waals surface area (Å²) >= 11 is 0. The van der Waals surface area contributed by atoms with Gasteiger partial charge in [-0.15, -0.1) is 0 Å². The van der Waals surface area contributed by atoms with Crippen molar-refractivity contribution in [2.45, 2.75) is 109 Å². The van der Waals surface area contributed by atoms with Crippen LogP contribution in [0.4, 0.5) is 0 Å². The van der Waals surface area contributed by atoms with E-state index < -0.39 is 0 Å². The molecule has 22 heavy (non-hydrogen) atoms. The van der Waals surface area contributed by atoms with Crippen molar-refractivity contribution in [3.8, 4) is 0 Å². The van der Waals surface area contributed by atoms with Crippen LogP contribution in [0.2, 0.25) is 0 Å². The molecule has 0 fully saturated rings. The number of rotatable bonds is 17. The highest BCUT2D eigenvalue weighted by Crippen LogP contribution is 2.14. The Labute approximate surface area is 138 Å². The molecule has 3 N–H and O–H groups in total. The molecule has 0 amide bonds. The fraction of sp³-hybridized carbons (Fsp3) is 1.00. The first-order valence-corrected chi connectivity index (χ1v) is 9.71. The van der Waals surface area contributed by atoms with Crippen LogP contribution in [-0.4, -0.2) is 36.0 Å². The van der Waals surface area contributed by atoms with Gasteiger partial charge < -0.3 is 15.5 Å². The summed E-state index contributed by atoms with van der Waals surface area (Å²) < 4.78 is 0. The molecule has 0 bridgehead atoms. The van der Waals surface area contributed by atoms with Crippen LogP contribution in [0.5, 0.6) is 0 Å². The van der Waals surface area contributed by atoms with Crippen molar-refractivity contribution in [1.82, 2.24) is 5.32 Å². The van der Waals surface area contributed by atoms with Gasteiger partial charge in [0.1, 0.15) is 0 Å². The van der Waals surface area contributed by atoms with E-state index in [4.69, 9.17) is 0 Å². The molecule has 0 aromatic rings. The van der Waals surface area contributed by atoms with Gasteiger partial charge in [0.15, 0.2) is 0 Å². The SMILES string of the molecule is CCCCCCCCCCCCCC(O)CC(O)CCNC. The van der Waals surface area contributed by atoms with Gasteiger partial charge in [-0.2, -0.15) is 0 Å². The van der Waals surface area contributed by atoms with E-state index in [1.165, 1.54) is 64.2 Å². The van der Waals surface area contributed by atoms with Gasteiger partial charge in [-0.25, -0.2) is 0 Å². The Hall–Kier alpha value is -0.120. The summed E-state index contributed by atoms with van der Waals surface area (Å²) in [5.74, 6) is 0. The monoisotopic (exact) mass is 315 g/mol. The van der Waals surface area contributed by atoms with Gasteiger partial charge in [0.2, 0.25) is 0 Å². The minimum atomic E-state index is -0.366. The Morgan fingerprint density at radius 2 is 1.14 bits per heavy atom. The molecule has 0 heterocycles. The highest BCUT2D eigenvalue weighted by Gasteiger charge is 2.11. The van der Waals surface area contributed by atoms with E-state index in [-0.39, 0.29) is 12.2 Å². The lowest BCUT2D eigenvalue weighted by molar-refractivity contribution is 0.0699. The summed E-state index contributed by atoms with van der Waals surface area (Å²) in [5, 5.41) is 22.6. The van der Waals surface area contributed by atoms with Crippen molar-refractivity contribution >= 4 is 0 Å². The number of hydrogen-bond donors (Lipinski definition) is 3. The first-order chi connectivity index (χ1) is 10.7. The molecule has 0 aliphatic carbocycles. The zero-order valence-corrected chi connectivity index (χ0v) is 15.2. The summed E-state index contributed by atoms with van der Waals surface area (Å²) in [5.41, 5.74) is 0. The highest BCUT2D eigenvalue weighted by atomic mass is 16.3. The average molecular weight is 316 g/mol. The van der Waals surface area contributed by atoms with Crippen molar-refractivity contribution in [1.29, 1.82) is 0 Å². The lowest BCUT2D eigenvalue weighted by Crippen LogP contribution is -2.22. The van der Waals surface area contributed by atoms with Crippen LogP contribution < -0.4 is 5.32 Å². The fourth-order valence-corrected chi connectivity index (χ4v) is 2.90. The van der Waals surface area contributed by atoms with Crippen LogP contribution in [0.15, 0.2) is 0 Å². The zero-order chi connectivity index (χ0) is 16.5. The van der Waals surface area contributed by atoms with Gasteiger partial charge in [0.25, 0.3) is 0 Å². The second kappa shape index (κ2) is 17.2. The lowest BCUT2D eigenvalue weighted by atomic mass is 10.0. The maximum atomic E-state index is 9.88. The Morgan fingerprint density at radius 1 is 0.682 bits per heavy atom. The molecular formula is C19H41NO2. The molecule has 0 spiro atoms. The number of hydrogen-bond acceptors (Lipinski definition) is 3. The van der Waals surface area contributed by atoms with Crippen molar-refractivity contribution in [3.63, 3.8) is 0 Å². The molecule has 0 saturated carbocycles. The molecule has 0 aliphatic heterocycles. The third kappa shape index (κ3) is 16.3. The van der Waals surface area contributed by atoms with Gasteiger partial charge >= 0.3 is 0 Å². The van der Waals surface area contributed by atoms with Crippen molar-refractivity contribution < 1.29 is 10.2 Å². The molecule has 0 aliphatic rings. The molecule has 134 valence electrons. The van der Waals surface area contributed by atoms with Gasteiger partial charge in [0.05, 0.1) is 12.2 Å². The highest BCUT2D eigenvalue weighted by molar-refractivity contribution is 4.64. The molecule has 3 nitrogen and oxygen atoms in total. The van der Waals surface area contributed by atoms with Gasteiger partial charge in [0, 0.05) is 0 Å². The molecule has 3 heteroatoms. The van der Waals surface area contributed by atoms with Crippen LogP contribution in [0.3, 0.4) is 0 Å². The number of aliphatic hydroxyl groups excluding tert-OH is 2. The molecule has 0 rings (SSSR count). The Balaban J connectivity index is 3.21. The predicted octanol–water partition coefficient (Wildman–Crippen LogP) is 4.41. The van der Waals surface area contributed by atoms with E-state index >= 15 is 0 Å². The summed E-state index contributed by atoms with van der Waals surface area (Å²) in [4.78, 5) is 0. The first kappa shape index (κ1) is 21.9. The van der Waals surface area contributed by atoms with Gasteiger partial charge in [-0.05, 0) is 32.9 Å². The fourth-order valence-electron chi connectivity index (χ4n) is 2.90. The summed E-state index contributed by atoms with van der Waals surface area (Å²) in [6.07, 6.45) is 16.1. The minimum absolute atomic E-state index is 0.328. The summed E-state index contributed by atoms with van der Waals surface area (Å²) in [6, 6.07) is 0. The summed E-state index contributed by atoms with van der Waals surface area (Å²) in [6.45, 7) is 3.08. The zero-order valence-electron chi connectivity index (χ0n) is 15.2. The molecular weight excluding hydrogens is 274 g/mol. The Morgan fingerprint density at radius 3 is 1.64 bits per heavy atom. The maximum absolute atomic E-state index is 9.88. The van der Waals surface area contributed by atoms with E-state index in [2.05, 4.69) is 12.2 Å². The van der Waals surface area contributed by atoms with E-state index in [1.807, 2.05) is 7.05 Å². The van der Waals surface area contributed by atoms with Crippen LogP contribution in [0, 0.1) is 0 Å².